The molecule has 0 spiro atoms. The monoisotopic (exact) mass is 241 g/mol. The van der Waals surface area contributed by atoms with Crippen LogP contribution >= 0.6 is 0 Å². The molecule has 1 unspecified atom stereocenters. The highest BCUT2D eigenvalue weighted by atomic mass is 19.2. The summed E-state index contributed by atoms with van der Waals surface area (Å²) in [5.41, 5.74) is 6.90. The first-order valence-electron chi connectivity index (χ1n) is 6.00. The molecule has 0 amide bonds. The summed E-state index contributed by atoms with van der Waals surface area (Å²) >= 11 is 0. The Morgan fingerprint density at radius 3 is 2.35 bits per heavy atom. The second-order valence-electron chi connectivity index (χ2n) is 5.73. The Balaban J connectivity index is 2.52. The van der Waals surface area contributed by atoms with Crippen LogP contribution in [0.25, 0.3) is 0 Å². The third-order valence-electron chi connectivity index (χ3n) is 2.81. The lowest BCUT2D eigenvalue weighted by molar-refractivity contribution is 0.353. The van der Waals surface area contributed by atoms with Gasteiger partial charge in [-0.15, -0.1) is 0 Å². The van der Waals surface area contributed by atoms with Crippen molar-refractivity contribution in [1.29, 1.82) is 0 Å². The highest BCUT2D eigenvalue weighted by Gasteiger charge is 2.13. The van der Waals surface area contributed by atoms with Crippen LogP contribution in [0.1, 0.15) is 51.6 Å². The lowest BCUT2D eigenvalue weighted by Gasteiger charge is -2.19. The van der Waals surface area contributed by atoms with Crippen LogP contribution in [0.5, 0.6) is 0 Å². The zero-order valence-corrected chi connectivity index (χ0v) is 10.8. The molecule has 0 aliphatic heterocycles. The second-order valence-corrected chi connectivity index (χ2v) is 5.73. The van der Waals surface area contributed by atoms with Gasteiger partial charge in [0.05, 0.1) is 0 Å². The lowest BCUT2D eigenvalue weighted by Crippen LogP contribution is -2.12. The molecule has 96 valence electrons. The minimum Gasteiger partial charge on any atom is -0.324 e. The average molecular weight is 241 g/mol. The third kappa shape index (κ3) is 4.82. The van der Waals surface area contributed by atoms with E-state index >= 15 is 0 Å². The van der Waals surface area contributed by atoms with Crippen LogP contribution in [-0.2, 0) is 0 Å². The van der Waals surface area contributed by atoms with Gasteiger partial charge in [0.25, 0.3) is 0 Å². The Morgan fingerprint density at radius 1 is 1.18 bits per heavy atom. The SMILES string of the molecule is CC(C)(C)CCCC(N)c1ccc(F)c(F)c1. The average Bonchev–Trinajstić information content (AvgIpc) is 2.20. The Labute approximate surface area is 102 Å². The smallest absolute Gasteiger partial charge is 0.159 e. The van der Waals surface area contributed by atoms with Crippen LogP contribution in [0.4, 0.5) is 8.78 Å². The van der Waals surface area contributed by atoms with Crippen molar-refractivity contribution in [3.05, 3.63) is 35.4 Å². The first kappa shape index (κ1) is 14.1. The van der Waals surface area contributed by atoms with E-state index in [0.717, 1.165) is 25.3 Å². The molecule has 0 fully saturated rings. The molecular weight excluding hydrogens is 220 g/mol. The van der Waals surface area contributed by atoms with E-state index in [4.69, 9.17) is 5.73 Å². The van der Waals surface area contributed by atoms with Crippen molar-refractivity contribution >= 4 is 0 Å². The minimum absolute atomic E-state index is 0.215. The van der Waals surface area contributed by atoms with Gasteiger partial charge in [-0.25, -0.2) is 8.78 Å². The Kier molecular flexibility index (Phi) is 4.63. The van der Waals surface area contributed by atoms with Gasteiger partial charge >= 0.3 is 0 Å². The zero-order valence-electron chi connectivity index (χ0n) is 10.8. The van der Waals surface area contributed by atoms with Gasteiger partial charge in [-0.1, -0.05) is 33.3 Å². The molecule has 17 heavy (non-hydrogen) atoms. The number of hydrogen-bond acceptors (Lipinski definition) is 1. The summed E-state index contributed by atoms with van der Waals surface area (Å²) in [5, 5.41) is 0. The fourth-order valence-electron chi connectivity index (χ4n) is 1.76. The van der Waals surface area contributed by atoms with Crippen molar-refractivity contribution < 1.29 is 8.78 Å². The molecule has 0 bridgehead atoms. The largest absolute Gasteiger partial charge is 0.324 e. The molecule has 0 saturated heterocycles. The Hall–Kier alpha value is -0.960. The predicted octanol–water partition coefficient (Wildman–Crippen LogP) is 4.18. The van der Waals surface area contributed by atoms with E-state index in [1.807, 2.05) is 0 Å². The van der Waals surface area contributed by atoms with Crippen molar-refractivity contribution in [3.8, 4) is 0 Å². The Morgan fingerprint density at radius 2 is 1.82 bits per heavy atom. The molecule has 1 rings (SSSR count). The van der Waals surface area contributed by atoms with Gasteiger partial charge in [0.1, 0.15) is 0 Å². The van der Waals surface area contributed by atoms with E-state index in [9.17, 15) is 8.78 Å². The first-order chi connectivity index (χ1) is 7.79. The summed E-state index contributed by atoms with van der Waals surface area (Å²) in [6.45, 7) is 6.53. The van der Waals surface area contributed by atoms with Crippen LogP contribution < -0.4 is 5.73 Å². The van der Waals surface area contributed by atoms with Crippen molar-refractivity contribution in [3.63, 3.8) is 0 Å². The lowest BCUT2D eigenvalue weighted by atomic mass is 9.88. The van der Waals surface area contributed by atoms with Crippen LogP contribution in [0.15, 0.2) is 18.2 Å². The molecule has 0 radical (unpaired) electrons. The fraction of sp³-hybridized carbons (Fsp3) is 0.571. The Bertz CT molecular complexity index is 369. The van der Waals surface area contributed by atoms with Crippen LogP contribution in [-0.4, -0.2) is 0 Å². The number of nitrogens with two attached hydrogens (primary N) is 1. The quantitative estimate of drug-likeness (QED) is 0.840. The summed E-state index contributed by atoms with van der Waals surface area (Å²) in [6.07, 6.45) is 2.86. The molecule has 1 aromatic rings. The van der Waals surface area contributed by atoms with Gasteiger partial charge < -0.3 is 5.73 Å². The van der Waals surface area contributed by atoms with E-state index in [2.05, 4.69) is 20.8 Å². The van der Waals surface area contributed by atoms with E-state index in [0.29, 0.717) is 5.56 Å². The molecule has 0 aliphatic carbocycles. The molecule has 1 aromatic carbocycles. The first-order valence-corrected chi connectivity index (χ1v) is 6.00. The van der Waals surface area contributed by atoms with E-state index in [1.165, 1.54) is 6.07 Å². The highest BCUT2D eigenvalue weighted by molar-refractivity contribution is 5.20. The number of halogens is 2. The van der Waals surface area contributed by atoms with Crippen molar-refractivity contribution in [2.75, 3.05) is 0 Å². The van der Waals surface area contributed by atoms with E-state index in [-0.39, 0.29) is 11.5 Å². The summed E-state index contributed by atoms with van der Waals surface area (Å²) in [7, 11) is 0. The molecule has 2 N–H and O–H groups in total. The van der Waals surface area contributed by atoms with Gasteiger partial charge in [-0.2, -0.15) is 0 Å². The van der Waals surface area contributed by atoms with Crippen LogP contribution in [0.3, 0.4) is 0 Å². The maximum Gasteiger partial charge on any atom is 0.159 e. The number of hydrogen-bond donors (Lipinski definition) is 1. The molecule has 3 heteroatoms. The fourth-order valence-corrected chi connectivity index (χ4v) is 1.76. The van der Waals surface area contributed by atoms with Gasteiger partial charge in [-0.05, 0) is 36.0 Å². The maximum absolute atomic E-state index is 13.0. The standard InChI is InChI=1S/C14H21F2N/c1-14(2,3)8-4-5-13(17)10-6-7-11(15)12(16)9-10/h6-7,9,13H,4-5,8,17H2,1-3H3. The normalized spacial score (nSPS) is 13.8. The molecule has 0 aromatic heterocycles. The molecular formula is C14H21F2N. The maximum atomic E-state index is 13.0. The van der Waals surface area contributed by atoms with Gasteiger partial charge in [0, 0.05) is 6.04 Å². The van der Waals surface area contributed by atoms with Gasteiger partial charge in [-0.3, -0.25) is 0 Å². The predicted molar refractivity (Wildman–Crippen MR) is 66.6 cm³/mol. The van der Waals surface area contributed by atoms with Gasteiger partial charge in [0.15, 0.2) is 11.6 Å². The zero-order chi connectivity index (χ0) is 13.1. The van der Waals surface area contributed by atoms with Crippen molar-refractivity contribution in [2.45, 2.75) is 46.1 Å². The molecule has 0 aliphatic rings. The minimum atomic E-state index is -0.825. The van der Waals surface area contributed by atoms with Gasteiger partial charge in [0.2, 0.25) is 0 Å². The number of rotatable bonds is 4. The topological polar surface area (TPSA) is 26.0 Å². The van der Waals surface area contributed by atoms with Crippen LogP contribution in [0, 0.1) is 17.0 Å². The highest BCUT2D eigenvalue weighted by Crippen LogP contribution is 2.25. The molecule has 1 nitrogen and oxygen atoms in total. The summed E-state index contributed by atoms with van der Waals surface area (Å²) in [5.74, 6) is -1.65. The molecule has 0 heterocycles. The van der Waals surface area contributed by atoms with Crippen molar-refractivity contribution in [1.82, 2.24) is 0 Å². The van der Waals surface area contributed by atoms with E-state index in [1.54, 1.807) is 6.07 Å². The summed E-state index contributed by atoms with van der Waals surface area (Å²) in [6, 6.07) is 3.67. The summed E-state index contributed by atoms with van der Waals surface area (Å²) in [4.78, 5) is 0. The third-order valence-corrected chi connectivity index (χ3v) is 2.81. The molecule has 0 saturated carbocycles. The summed E-state index contributed by atoms with van der Waals surface area (Å²) < 4.78 is 25.8. The van der Waals surface area contributed by atoms with E-state index < -0.39 is 11.6 Å². The second kappa shape index (κ2) is 5.58. The molecule has 1 atom stereocenters. The van der Waals surface area contributed by atoms with Crippen LogP contribution in [0.2, 0.25) is 0 Å². The number of benzene rings is 1. The van der Waals surface area contributed by atoms with Crippen molar-refractivity contribution in [2.24, 2.45) is 11.1 Å².